The standard InChI is InChI=1S/C25H25BrClN3O4/c1-25(2,34-19-8-5-17(26)6-9-19)24(32)28-18-7-10-21(20(27)16-18)29-11-13-30(14-12-29)23(31)22-4-3-15-33-22/h3-10,15-16H,11-14H2,1-2H3,(H,28,32). The molecule has 1 aliphatic rings. The van der Waals surface area contributed by atoms with Crippen molar-refractivity contribution in [1.29, 1.82) is 0 Å². The lowest BCUT2D eigenvalue weighted by Crippen LogP contribution is -2.48. The summed E-state index contributed by atoms with van der Waals surface area (Å²) >= 11 is 9.95. The zero-order valence-electron chi connectivity index (χ0n) is 18.9. The Bertz CT molecular complexity index is 1160. The van der Waals surface area contributed by atoms with E-state index < -0.39 is 5.60 Å². The number of amides is 2. The molecule has 0 spiro atoms. The molecule has 1 aliphatic heterocycles. The van der Waals surface area contributed by atoms with Gasteiger partial charge in [0, 0.05) is 36.3 Å². The van der Waals surface area contributed by atoms with E-state index in [0.717, 1.165) is 10.2 Å². The van der Waals surface area contributed by atoms with Crippen molar-refractivity contribution in [3.63, 3.8) is 0 Å². The largest absolute Gasteiger partial charge is 0.478 e. The normalized spacial score (nSPS) is 14.1. The van der Waals surface area contributed by atoms with Crippen molar-refractivity contribution in [2.24, 2.45) is 0 Å². The van der Waals surface area contributed by atoms with E-state index in [1.807, 2.05) is 24.3 Å². The van der Waals surface area contributed by atoms with Crippen molar-refractivity contribution >= 4 is 50.7 Å². The molecule has 4 rings (SSSR count). The van der Waals surface area contributed by atoms with Gasteiger partial charge in [-0.1, -0.05) is 27.5 Å². The zero-order valence-corrected chi connectivity index (χ0v) is 21.2. The first kappa shape index (κ1) is 24.2. The summed E-state index contributed by atoms with van der Waals surface area (Å²) in [5.41, 5.74) is 0.350. The molecular formula is C25H25BrClN3O4. The highest BCUT2D eigenvalue weighted by Crippen LogP contribution is 2.30. The second-order valence-corrected chi connectivity index (χ2v) is 9.77. The lowest BCUT2D eigenvalue weighted by molar-refractivity contribution is -0.128. The van der Waals surface area contributed by atoms with Gasteiger partial charge < -0.3 is 24.3 Å². The molecule has 7 nitrogen and oxygen atoms in total. The fourth-order valence-electron chi connectivity index (χ4n) is 3.67. The maximum atomic E-state index is 12.9. The van der Waals surface area contributed by atoms with Crippen LogP contribution in [0, 0.1) is 0 Å². The number of hydrogen-bond acceptors (Lipinski definition) is 5. The maximum absolute atomic E-state index is 12.9. The van der Waals surface area contributed by atoms with Gasteiger partial charge in [0.05, 0.1) is 17.0 Å². The fraction of sp³-hybridized carbons (Fsp3) is 0.280. The third-order valence-electron chi connectivity index (χ3n) is 5.58. The molecule has 34 heavy (non-hydrogen) atoms. The smallest absolute Gasteiger partial charge is 0.289 e. The number of anilines is 2. The van der Waals surface area contributed by atoms with Gasteiger partial charge >= 0.3 is 0 Å². The number of carbonyl (C=O) groups excluding carboxylic acids is 2. The van der Waals surface area contributed by atoms with E-state index in [0.29, 0.717) is 48.4 Å². The second kappa shape index (κ2) is 10.1. The number of hydrogen-bond donors (Lipinski definition) is 1. The van der Waals surface area contributed by atoms with E-state index in [-0.39, 0.29) is 11.8 Å². The molecule has 0 unspecified atom stereocenters. The Balaban J connectivity index is 1.36. The monoisotopic (exact) mass is 545 g/mol. The predicted octanol–water partition coefficient (Wildman–Crippen LogP) is 5.45. The first-order valence-electron chi connectivity index (χ1n) is 10.9. The van der Waals surface area contributed by atoms with Crippen LogP contribution >= 0.6 is 27.5 Å². The number of piperazine rings is 1. The first-order chi connectivity index (χ1) is 16.2. The minimum Gasteiger partial charge on any atom is -0.478 e. The molecular weight excluding hydrogens is 522 g/mol. The molecule has 1 N–H and O–H groups in total. The third kappa shape index (κ3) is 5.56. The van der Waals surface area contributed by atoms with Crippen LogP contribution in [0.1, 0.15) is 24.4 Å². The first-order valence-corrected chi connectivity index (χ1v) is 12.0. The van der Waals surface area contributed by atoms with Gasteiger partial charge in [-0.2, -0.15) is 0 Å². The summed E-state index contributed by atoms with van der Waals surface area (Å²) in [5.74, 6) is 0.547. The van der Waals surface area contributed by atoms with Crippen molar-refractivity contribution in [2.45, 2.75) is 19.4 Å². The Hall–Kier alpha value is -2.97. The highest BCUT2D eigenvalue weighted by Gasteiger charge is 2.30. The molecule has 0 radical (unpaired) electrons. The van der Waals surface area contributed by atoms with Gasteiger partial charge in [0.25, 0.3) is 11.8 Å². The quantitative estimate of drug-likeness (QED) is 0.445. The number of benzene rings is 2. The van der Waals surface area contributed by atoms with E-state index in [1.54, 1.807) is 49.1 Å². The molecule has 0 saturated carbocycles. The number of nitrogens with one attached hydrogen (secondary N) is 1. The van der Waals surface area contributed by atoms with E-state index in [4.69, 9.17) is 20.8 Å². The number of nitrogens with zero attached hydrogens (tertiary/aromatic N) is 2. The zero-order chi connectivity index (χ0) is 24.3. The lowest BCUT2D eigenvalue weighted by Gasteiger charge is -2.36. The molecule has 1 fully saturated rings. The summed E-state index contributed by atoms with van der Waals surface area (Å²) in [4.78, 5) is 29.2. The molecule has 2 aromatic carbocycles. The van der Waals surface area contributed by atoms with Crippen LogP contribution in [0.2, 0.25) is 5.02 Å². The van der Waals surface area contributed by atoms with Gasteiger partial charge in [-0.3, -0.25) is 9.59 Å². The van der Waals surface area contributed by atoms with Crippen molar-refractivity contribution in [1.82, 2.24) is 4.90 Å². The Labute approximate surface area is 211 Å². The van der Waals surface area contributed by atoms with Gasteiger partial charge in [-0.15, -0.1) is 0 Å². The highest BCUT2D eigenvalue weighted by molar-refractivity contribution is 9.10. The van der Waals surface area contributed by atoms with Crippen LogP contribution in [0.5, 0.6) is 5.75 Å². The van der Waals surface area contributed by atoms with Gasteiger partial charge in [0.2, 0.25) is 0 Å². The maximum Gasteiger partial charge on any atom is 0.289 e. The fourth-order valence-corrected chi connectivity index (χ4v) is 4.24. The van der Waals surface area contributed by atoms with Crippen LogP contribution in [0.15, 0.2) is 69.8 Å². The average Bonchev–Trinajstić information content (AvgIpc) is 3.35. The predicted molar refractivity (Wildman–Crippen MR) is 136 cm³/mol. The average molecular weight is 547 g/mol. The number of halogens is 2. The van der Waals surface area contributed by atoms with Crippen molar-refractivity contribution in [3.05, 3.63) is 76.1 Å². The van der Waals surface area contributed by atoms with Gasteiger partial charge in [-0.25, -0.2) is 0 Å². The van der Waals surface area contributed by atoms with E-state index >= 15 is 0 Å². The molecule has 9 heteroatoms. The molecule has 1 aromatic heterocycles. The number of ether oxygens (including phenoxy) is 1. The Morgan fingerprint density at radius 1 is 1.06 bits per heavy atom. The second-order valence-electron chi connectivity index (χ2n) is 8.44. The van der Waals surface area contributed by atoms with E-state index in [2.05, 4.69) is 26.1 Å². The van der Waals surface area contributed by atoms with E-state index in [9.17, 15) is 9.59 Å². The SMILES string of the molecule is CC(C)(Oc1ccc(Br)cc1)C(=O)Nc1ccc(N2CCN(C(=O)c3ccco3)CC2)c(Cl)c1. The van der Waals surface area contributed by atoms with Gasteiger partial charge in [0.15, 0.2) is 11.4 Å². The summed E-state index contributed by atoms with van der Waals surface area (Å²) < 4.78 is 12.0. The highest BCUT2D eigenvalue weighted by atomic mass is 79.9. The van der Waals surface area contributed by atoms with Gasteiger partial charge in [-0.05, 0) is 68.4 Å². The van der Waals surface area contributed by atoms with Crippen molar-refractivity contribution in [3.8, 4) is 5.75 Å². The van der Waals surface area contributed by atoms with Crippen LogP contribution in [0.25, 0.3) is 0 Å². The Morgan fingerprint density at radius 2 is 1.76 bits per heavy atom. The van der Waals surface area contributed by atoms with Gasteiger partial charge in [0.1, 0.15) is 5.75 Å². The van der Waals surface area contributed by atoms with Crippen molar-refractivity contribution in [2.75, 3.05) is 36.4 Å². The molecule has 1 saturated heterocycles. The summed E-state index contributed by atoms with van der Waals surface area (Å²) in [7, 11) is 0. The minimum absolute atomic E-state index is 0.109. The summed E-state index contributed by atoms with van der Waals surface area (Å²) in [6.45, 7) is 5.84. The molecule has 0 atom stereocenters. The van der Waals surface area contributed by atoms with Crippen LogP contribution in [-0.2, 0) is 4.79 Å². The van der Waals surface area contributed by atoms with Crippen LogP contribution < -0.4 is 15.0 Å². The lowest BCUT2D eigenvalue weighted by atomic mass is 10.1. The molecule has 0 bridgehead atoms. The number of rotatable bonds is 6. The number of carbonyl (C=O) groups is 2. The topological polar surface area (TPSA) is 75.0 Å². The van der Waals surface area contributed by atoms with Crippen LogP contribution in [0.4, 0.5) is 11.4 Å². The Morgan fingerprint density at radius 3 is 2.38 bits per heavy atom. The molecule has 3 aromatic rings. The van der Waals surface area contributed by atoms with E-state index in [1.165, 1.54) is 6.26 Å². The summed E-state index contributed by atoms with van der Waals surface area (Å²) in [5, 5.41) is 3.41. The Kier molecular flexibility index (Phi) is 7.19. The van der Waals surface area contributed by atoms with Crippen LogP contribution in [-0.4, -0.2) is 48.5 Å². The molecule has 0 aliphatic carbocycles. The summed E-state index contributed by atoms with van der Waals surface area (Å²) in [6.07, 6.45) is 1.50. The molecule has 178 valence electrons. The number of furan rings is 1. The van der Waals surface area contributed by atoms with Crippen molar-refractivity contribution < 1.29 is 18.7 Å². The minimum atomic E-state index is -1.09. The molecule has 2 heterocycles. The molecule has 2 amide bonds. The summed E-state index contributed by atoms with van der Waals surface area (Å²) in [6, 6.07) is 16.1. The van der Waals surface area contributed by atoms with Crippen LogP contribution in [0.3, 0.4) is 0 Å². The third-order valence-corrected chi connectivity index (χ3v) is 6.41.